The Bertz CT molecular complexity index is 491. The van der Waals surface area contributed by atoms with Crippen molar-refractivity contribution in [3.63, 3.8) is 0 Å². The first-order valence-electron chi connectivity index (χ1n) is 5.69. The predicted octanol–water partition coefficient (Wildman–Crippen LogP) is 2.79. The van der Waals surface area contributed by atoms with Crippen LogP contribution in [0.4, 0.5) is 0 Å². The zero-order valence-electron chi connectivity index (χ0n) is 10.2. The highest BCUT2D eigenvalue weighted by molar-refractivity contribution is 7.20. The first kappa shape index (κ1) is 15.0. The van der Waals surface area contributed by atoms with Crippen LogP contribution >= 0.6 is 23.7 Å². The quantitative estimate of drug-likeness (QED) is 0.907. The van der Waals surface area contributed by atoms with Crippen LogP contribution in [0.2, 0.25) is 0 Å². The summed E-state index contributed by atoms with van der Waals surface area (Å²) in [6.07, 6.45) is 0.802. The Hall–Kier alpha value is -1.10. The number of halogens is 1. The first-order chi connectivity index (χ1) is 8.16. The van der Waals surface area contributed by atoms with Gasteiger partial charge in [0.1, 0.15) is 0 Å². The van der Waals surface area contributed by atoms with Gasteiger partial charge in [0.15, 0.2) is 0 Å². The molecule has 0 fully saturated rings. The highest BCUT2D eigenvalue weighted by Gasteiger charge is 2.09. The molecule has 0 saturated carbocycles. The lowest BCUT2D eigenvalue weighted by atomic mass is 10.2. The third kappa shape index (κ3) is 3.70. The van der Waals surface area contributed by atoms with Crippen molar-refractivity contribution in [2.24, 2.45) is 5.73 Å². The van der Waals surface area contributed by atoms with Gasteiger partial charge in [-0.15, -0.1) is 23.7 Å². The molecule has 1 aromatic heterocycles. The number of thiophene rings is 1. The maximum absolute atomic E-state index is 11.9. The van der Waals surface area contributed by atoms with Gasteiger partial charge in [0.25, 0.3) is 5.91 Å². The predicted molar refractivity (Wildman–Crippen MR) is 79.7 cm³/mol. The van der Waals surface area contributed by atoms with Crippen LogP contribution in [-0.4, -0.2) is 18.5 Å². The summed E-state index contributed by atoms with van der Waals surface area (Å²) in [4.78, 5) is 12.6. The molecule has 0 aliphatic rings. The number of fused-ring (bicyclic) bond motifs is 1. The molecule has 18 heavy (non-hydrogen) atoms. The van der Waals surface area contributed by atoms with Gasteiger partial charge in [-0.3, -0.25) is 4.79 Å². The highest BCUT2D eigenvalue weighted by atomic mass is 35.5. The molecule has 1 aromatic carbocycles. The number of carbonyl (C=O) groups excluding carboxylic acids is 1. The van der Waals surface area contributed by atoms with E-state index in [4.69, 9.17) is 5.73 Å². The largest absolute Gasteiger partial charge is 0.351 e. The molecule has 3 nitrogen and oxygen atoms in total. The Morgan fingerprint density at radius 3 is 2.83 bits per heavy atom. The van der Waals surface area contributed by atoms with E-state index < -0.39 is 0 Å². The Morgan fingerprint density at radius 2 is 2.17 bits per heavy atom. The molecule has 1 amide bonds. The van der Waals surface area contributed by atoms with E-state index in [9.17, 15) is 4.79 Å². The maximum Gasteiger partial charge on any atom is 0.261 e. The van der Waals surface area contributed by atoms with Crippen molar-refractivity contribution < 1.29 is 4.79 Å². The monoisotopic (exact) mass is 284 g/mol. The topological polar surface area (TPSA) is 55.1 Å². The minimum absolute atomic E-state index is 0. The Balaban J connectivity index is 0.00000162. The minimum Gasteiger partial charge on any atom is -0.351 e. The number of carbonyl (C=O) groups is 1. The van der Waals surface area contributed by atoms with Crippen molar-refractivity contribution in [3.8, 4) is 0 Å². The number of nitrogens with one attached hydrogen (secondary N) is 1. The number of amides is 1. The molecule has 1 atom stereocenters. The summed E-state index contributed by atoms with van der Waals surface area (Å²) in [5.74, 6) is -0.00755. The molecule has 1 unspecified atom stereocenters. The third-order valence-corrected chi connectivity index (χ3v) is 3.65. The van der Waals surface area contributed by atoms with Gasteiger partial charge in [-0.25, -0.2) is 0 Å². The fourth-order valence-corrected chi connectivity index (χ4v) is 2.57. The number of hydrogen-bond acceptors (Lipinski definition) is 3. The van der Waals surface area contributed by atoms with Gasteiger partial charge in [0.05, 0.1) is 4.88 Å². The Kier molecular flexibility index (Phi) is 5.59. The van der Waals surface area contributed by atoms with E-state index in [2.05, 4.69) is 5.32 Å². The summed E-state index contributed by atoms with van der Waals surface area (Å²) in [6, 6.07) is 10.1. The van der Waals surface area contributed by atoms with E-state index in [1.54, 1.807) is 0 Å². The van der Waals surface area contributed by atoms with E-state index in [1.807, 2.05) is 37.3 Å². The Morgan fingerprint density at radius 1 is 1.44 bits per heavy atom. The molecule has 2 rings (SSSR count). The van der Waals surface area contributed by atoms with Crippen molar-refractivity contribution in [3.05, 3.63) is 35.2 Å². The fourth-order valence-electron chi connectivity index (χ4n) is 1.59. The average Bonchev–Trinajstić information content (AvgIpc) is 2.71. The molecule has 98 valence electrons. The van der Waals surface area contributed by atoms with Crippen molar-refractivity contribution in [1.82, 2.24) is 5.32 Å². The van der Waals surface area contributed by atoms with Crippen LogP contribution in [-0.2, 0) is 0 Å². The van der Waals surface area contributed by atoms with E-state index in [1.165, 1.54) is 11.3 Å². The van der Waals surface area contributed by atoms with Crippen molar-refractivity contribution in [2.45, 2.75) is 19.4 Å². The lowest BCUT2D eigenvalue weighted by Gasteiger charge is -2.05. The molecule has 1 heterocycles. The summed E-state index contributed by atoms with van der Waals surface area (Å²) in [5.41, 5.74) is 5.63. The van der Waals surface area contributed by atoms with Gasteiger partial charge in [-0.1, -0.05) is 18.2 Å². The summed E-state index contributed by atoms with van der Waals surface area (Å²) in [5, 5.41) is 4.00. The van der Waals surface area contributed by atoms with Gasteiger partial charge in [0.2, 0.25) is 0 Å². The normalized spacial score (nSPS) is 11.9. The lowest BCUT2D eigenvalue weighted by molar-refractivity contribution is 0.0957. The van der Waals surface area contributed by atoms with Crippen molar-refractivity contribution in [2.75, 3.05) is 6.54 Å². The van der Waals surface area contributed by atoms with Crippen molar-refractivity contribution >= 4 is 39.7 Å². The number of nitrogens with two attached hydrogens (primary N) is 1. The zero-order valence-corrected chi connectivity index (χ0v) is 11.8. The van der Waals surface area contributed by atoms with Crippen LogP contribution < -0.4 is 11.1 Å². The molecule has 2 aromatic rings. The number of rotatable bonds is 4. The van der Waals surface area contributed by atoms with Gasteiger partial charge < -0.3 is 11.1 Å². The maximum atomic E-state index is 11.9. The average molecular weight is 285 g/mol. The number of hydrogen-bond donors (Lipinski definition) is 2. The van der Waals surface area contributed by atoms with Gasteiger partial charge in [-0.05, 0) is 30.9 Å². The molecule has 0 aliphatic carbocycles. The van der Waals surface area contributed by atoms with Gasteiger partial charge in [-0.2, -0.15) is 0 Å². The molecule has 0 radical (unpaired) electrons. The van der Waals surface area contributed by atoms with Crippen LogP contribution in [0, 0.1) is 0 Å². The second-order valence-corrected chi connectivity index (χ2v) is 5.25. The summed E-state index contributed by atoms with van der Waals surface area (Å²) >= 11 is 1.52. The summed E-state index contributed by atoms with van der Waals surface area (Å²) in [6.45, 7) is 2.57. The number of benzene rings is 1. The van der Waals surface area contributed by atoms with Crippen LogP contribution in [0.5, 0.6) is 0 Å². The smallest absolute Gasteiger partial charge is 0.261 e. The molecular formula is C13H17ClN2OS. The second kappa shape index (κ2) is 6.73. The lowest BCUT2D eigenvalue weighted by Crippen LogP contribution is -2.28. The molecule has 0 bridgehead atoms. The molecule has 0 aliphatic heterocycles. The minimum atomic E-state index is -0.00755. The van der Waals surface area contributed by atoms with Crippen LogP contribution in [0.3, 0.4) is 0 Å². The van der Waals surface area contributed by atoms with E-state index >= 15 is 0 Å². The highest BCUT2D eigenvalue weighted by Crippen LogP contribution is 2.24. The van der Waals surface area contributed by atoms with Crippen molar-refractivity contribution in [1.29, 1.82) is 0 Å². The molecular weight excluding hydrogens is 268 g/mol. The van der Waals surface area contributed by atoms with Crippen LogP contribution in [0.15, 0.2) is 30.3 Å². The van der Waals surface area contributed by atoms with E-state index in [0.717, 1.165) is 21.4 Å². The van der Waals surface area contributed by atoms with Crippen LogP contribution in [0.1, 0.15) is 23.0 Å². The second-order valence-electron chi connectivity index (χ2n) is 4.17. The molecule has 3 N–H and O–H groups in total. The van der Waals surface area contributed by atoms with E-state index in [0.29, 0.717) is 6.54 Å². The Labute approximate surface area is 117 Å². The molecule has 5 heteroatoms. The van der Waals surface area contributed by atoms with Gasteiger partial charge in [0, 0.05) is 17.3 Å². The molecule has 0 saturated heterocycles. The SMILES string of the molecule is CC(N)CCNC(=O)c1cc2ccccc2s1.Cl. The third-order valence-electron chi connectivity index (χ3n) is 2.53. The van der Waals surface area contributed by atoms with Crippen LogP contribution in [0.25, 0.3) is 10.1 Å². The fraction of sp³-hybridized carbons (Fsp3) is 0.308. The standard InChI is InChI=1S/C13H16N2OS.ClH/c1-9(14)6-7-15-13(16)12-8-10-4-2-3-5-11(10)17-12;/h2-5,8-9H,6-7,14H2,1H3,(H,15,16);1H. The zero-order chi connectivity index (χ0) is 12.3. The molecule has 0 spiro atoms. The summed E-state index contributed by atoms with van der Waals surface area (Å²) in [7, 11) is 0. The first-order valence-corrected chi connectivity index (χ1v) is 6.51. The van der Waals surface area contributed by atoms with E-state index in [-0.39, 0.29) is 24.4 Å². The summed E-state index contributed by atoms with van der Waals surface area (Å²) < 4.78 is 1.14. The van der Waals surface area contributed by atoms with Gasteiger partial charge >= 0.3 is 0 Å².